The van der Waals surface area contributed by atoms with Crippen LogP contribution in [0.25, 0.3) is 0 Å². The van der Waals surface area contributed by atoms with Crippen molar-refractivity contribution in [2.75, 3.05) is 13.2 Å². The Kier molecular flexibility index (Phi) is 5.70. The summed E-state index contributed by atoms with van der Waals surface area (Å²) in [6.07, 6.45) is -0.722. The molecule has 0 aliphatic heterocycles. The van der Waals surface area contributed by atoms with Crippen LogP contribution in [0.1, 0.15) is 6.92 Å². The molecule has 0 saturated heterocycles. The predicted molar refractivity (Wildman–Crippen MR) is 43.6 cm³/mol. The van der Waals surface area contributed by atoms with Crippen LogP contribution >= 0.6 is 11.6 Å². The van der Waals surface area contributed by atoms with Gasteiger partial charge in [-0.05, 0) is 6.92 Å². The fourth-order valence-corrected chi connectivity index (χ4v) is 0.512. The fraction of sp³-hybridized carbons (Fsp3) is 0.571. The Bertz CT molecular complexity index is 169. The van der Waals surface area contributed by atoms with E-state index in [0.29, 0.717) is 0 Å². The summed E-state index contributed by atoms with van der Waals surface area (Å²) in [7, 11) is 0. The highest BCUT2D eigenvalue weighted by Crippen LogP contribution is 2.03. The van der Waals surface area contributed by atoms with Crippen LogP contribution in [-0.2, 0) is 14.3 Å². The molecule has 0 aromatic heterocycles. The summed E-state index contributed by atoms with van der Waals surface area (Å²) in [5.74, 6) is -0.720. The Labute approximate surface area is 75.7 Å². The van der Waals surface area contributed by atoms with E-state index in [-0.39, 0.29) is 18.2 Å². The lowest BCUT2D eigenvalue weighted by atomic mass is 10.6. The number of aliphatic hydroxyl groups excluding tert-OH is 1. The van der Waals surface area contributed by atoms with Crippen molar-refractivity contribution >= 4 is 17.6 Å². The van der Waals surface area contributed by atoms with Crippen molar-refractivity contribution in [1.82, 2.24) is 0 Å². The number of rotatable bonds is 5. The topological polar surface area (TPSA) is 55.8 Å². The molecule has 0 rings (SSSR count). The Hall–Kier alpha value is -0.580. The summed E-state index contributed by atoms with van der Waals surface area (Å²) in [5.41, 5.74) is 0. The third-order valence-electron chi connectivity index (χ3n) is 0.938. The first-order chi connectivity index (χ1) is 5.57. The highest BCUT2D eigenvalue weighted by molar-refractivity contribution is 6.40. The molecule has 0 aromatic carbocycles. The second-order valence-electron chi connectivity index (χ2n) is 1.97. The van der Waals surface area contributed by atoms with E-state index in [2.05, 4.69) is 11.3 Å². The fourth-order valence-electron chi connectivity index (χ4n) is 0.467. The van der Waals surface area contributed by atoms with E-state index in [9.17, 15) is 4.79 Å². The van der Waals surface area contributed by atoms with Gasteiger partial charge in [0.2, 0.25) is 6.29 Å². The zero-order valence-corrected chi connectivity index (χ0v) is 7.50. The Morgan fingerprint density at radius 1 is 1.75 bits per heavy atom. The Morgan fingerprint density at radius 3 is 2.75 bits per heavy atom. The van der Waals surface area contributed by atoms with Gasteiger partial charge < -0.3 is 14.6 Å². The lowest BCUT2D eigenvalue weighted by Crippen LogP contribution is -2.19. The van der Waals surface area contributed by atoms with E-state index in [0.717, 1.165) is 0 Å². The van der Waals surface area contributed by atoms with Gasteiger partial charge >= 0.3 is 5.97 Å². The normalized spacial score (nSPS) is 12.2. The minimum Gasteiger partial charge on any atom is -0.432 e. The van der Waals surface area contributed by atoms with Crippen molar-refractivity contribution in [3.05, 3.63) is 11.6 Å². The first-order valence-electron chi connectivity index (χ1n) is 3.35. The van der Waals surface area contributed by atoms with Crippen LogP contribution in [-0.4, -0.2) is 30.6 Å². The molecule has 0 aromatic rings. The molecule has 1 N–H and O–H groups in total. The predicted octanol–water partition coefficient (Wildman–Crippen LogP) is 0.637. The highest BCUT2D eigenvalue weighted by Gasteiger charge is 2.10. The van der Waals surface area contributed by atoms with Crippen LogP contribution in [0.15, 0.2) is 11.6 Å². The van der Waals surface area contributed by atoms with Crippen LogP contribution in [0.4, 0.5) is 0 Å². The smallest absolute Gasteiger partial charge is 0.351 e. The standard InChI is InChI=1S/C7H11ClO4/c1-5(8)7(10)12-6(2)11-4-3-9/h6,9H,1,3-4H2,2H3. The summed E-state index contributed by atoms with van der Waals surface area (Å²) in [4.78, 5) is 10.7. The third-order valence-corrected chi connectivity index (χ3v) is 1.09. The quantitative estimate of drug-likeness (QED) is 0.397. The lowest BCUT2D eigenvalue weighted by molar-refractivity contribution is -0.170. The molecular formula is C7H11ClO4. The molecular weight excluding hydrogens is 184 g/mol. The van der Waals surface area contributed by atoms with E-state index >= 15 is 0 Å². The molecule has 0 spiro atoms. The number of carbonyl (C=O) groups is 1. The first kappa shape index (κ1) is 11.4. The van der Waals surface area contributed by atoms with E-state index in [1.165, 1.54) is 6.92 Å². The number of aliphatic hydroxyl groups is 1. The van der Waals surface area contributed by atoms with Gasteiger partial charge in [0.1, 0.15) is 5.03 Å². The second kappa shape index (κ2) is 5.99. The summed E-state index contributed by atoms with van der Waals surface area (Å²) in [6, 6.07) is 0. The number of carbonyl (C=O) groups excluding carboxylic acids is 1. The van der Waals surface area contributed by atoms with Crippen LogP contribution in [0, 0.1) is 0 Å². The third kappa shape index (κ3) is 5.12. The molecule has 1 unspecified atom stereocenters. The van der Waals surface area contributed by atoms with E-state index in [1.807, 2.05) is 0 Å². The van der Waals surface area contributed by atoms with Gasteiger partial charge in [0.05, 0.1) is 13.2 Å². The number of esters is 1. The molecule has 0 fully saturated rings. The molecule has 4 nitrogen and oxygen atoms in total. The number of halogens is 1. The Balaban J connectivity index is 3.61. The molecule has 0 saturated carbocycles. The van der Waals surface area contributed by atoms with Crippen LogP contribution in [0.2, 0.25) is 0 Å². The van der Waals surface area contributed by atoms with Gasteiger partial charge in [0.25, 0.3) is 0 Å². The van der Waals surface area contributed by atoms with E-state index in [4.69, 9.17) is 21.4 Å². The highest BCUT2D eigenvalue weighted by atomic mass is 35.5. The summed E-state index contributed by atoms with van der Waals surface area (Å²) in [6.45, 7) is 4.69. The monoisotopic (exact) mass is 194 g/mol. The molecule has 0 radical (unpaired) electrons. The summed E-state index contributed by atoms with van der Waals surface area (Å²) in [5, 5.41) is 8.15. The van der Waals surface area contributed by atoms with Crippen molar-refractivity contribution < 1.29 is 19.4 Å². The number of hydrogen-bond acceptors (Lipinski definition) is 4. The summed E-state index contributed by atoms with van der Waals surface area (Å²) < 4.78 is 9.43. The van der Waals surface area contributed by atoms with Crippen LogP contribution in [0.3, 0.4) is 0 Å². The molecule has 5 heteroatoms. The molecule has 0 amide bonds. The molecule has 12 heavy (non-hydrogen) atoms. The lowest BCUT2D eigenvalue weighted by Gasteiger charge is -2.12. The van der Waals surface area contributed by atoms with Gasteiger partial charge in [-0.15, -0.1) is 0 Å². The van der Waals surface area contributed by atoms with E-state index in [1.54, 1.807) is 0 Å². The zero-order chi connectivity index (χ0) is 9.56. The minimum absolute atomic E-state index is 0.114. The SMILES string of the molecule is C=C(Cl)C(=O)OC(C)OCCO. The van der Waals surface area contributed by atoms with Crippen LogP contribution in [0.5, 0.6) is 0 Å². The van der Waals surface area contributed by atoms with Crippen molar-refractivity contribution in [1.29, 1.82) is 0 Å². The van der Waals surface area contributed by atoms with Gasteiger partial charge in [-0.2, -0.15) is 0 Å². The largest absolute Gasteiger partial charge is 0.432 e. The molecule has 0 bridgehead atoms. The van der Waals surface area contributed by atoms with Crippen molar-refractivity contribution in [2.24, 2.45) is 0 Å². The van der Waals surface area contributed by atoms with Gasteiger partial charge in [0.15, 0.2) is 0 Å². The molecule has 1 atom stereocenters. The second-order valence-corrected chi connectivity index (χ2v) is 2.43. The maximum Gasteiger partial charge on any atom is 0.351 e. The zero-order valence-electron chi connectivity index (χ0n) is 6.75. The van der Waals surface area contributed by atoms with Crippen molar-refractivity contribution in [2.45, 2.75) is 13.2 Å². The van der Waals surface area contributed by atoms with E-state index < -0.39 is 12.3 Å². The average molecular weight is 195 g/mol. The van der Waals surface area contributed by atoms with Crippen molar-refractivity contribution in [3.8, 4) is 0 Å². The van der Waals surface area contributed by atoms with Gasteiger partial charge in [-0.1, -0.05) is 18.2 Å². The minimum atomic E-state index is -0.722. The van der Waals surface area contributed by atoms with Gasteiger partial charge in [-0.3, -0.25) is 0 Å². The average Bonchev–Trinajstić information content (AvgIpc) is 2.00. The van der Waals surface area contributed by atoms with Gasteiger partial charge in [-0.25, -0.2) is 4.79 Å². The Morgan fingerprint density at radius 2 is 2.33 bits per heavy atom. The first-order valence-corrected chi connectivity index (χ1v) is 3.73. The van der Waals surface area contributed by atoms with Gasteiger partial charge in [0, 0.05) is 0 Å². The number of hydrogen-bond donors (Lipinski definition) is 1. The molecule has 0 heterocycles. The van der Waals surface area contributed by atoms with Crippen molar-refractivity contribution in [3.63, 3.8) is 0 Å². The number of ether oxygens (including phenoxy) is 2. The molecule has 0 aliphatic carbocycles. The summed E-state index contributed by atoms with van der Waals surface area (Å²) >= 11 is 5.23. The van der Waals surface area contributed by atoms with Crippen LogP contribution < -0.4 is 0 Å². The molecule has 0 aliphatic rings. The molecule has 70 valence electrons. The maximum absolute atomic E-state index is 10.7. The maximum atomic E-state index is 10.7.